The molecule has 0 atom stereocenters. The van der Waals surface area contributed by atoms with E-state index in [4.69, 9.17) is 11.6 Å². The van der Waals surface area contributed by atoms with Gasteiger partial charge in [-0.05, 0) is 29.3 Å². The maximum Gasteiger partial charge on any atom is 0.0485 e. The molecule has 0 aliphatic carbocycles. The van der Waals surface area contributed by atoms with Crippen LogP contribution in [0.15, 0.2) is 46.9 Å². The van der Waals surface area contributed by atoms with Crippen LogP contribution in [0.2, 0.25) is 5.02 Å². The van der Waals surface area contributed by atoms with Crippen LogP contribution >= 0.6 is 27.5 Å². The fraction of sp³-hybridized carbons (Fsp3) is 0. The third-order valence-electron chi connectivity index (χ3n) is 1.96. The fourth-order valence-electron chi connectivity index (χ4n) is 1.27. The summed E-state index contributed by atoms with van der Waals surface area (Å²) >= 11 is 9.28. The first kappa shape index (κ1) is 9.75. The van der Waals surface area contributed by atoms with Crippen molar-refractivity contribution in [1.29, 1.82) is 0 Å². The first-order valence-electron chi connectivity index (χ1n) is 4.19. The number of rotatable bonds is 1. The zero-order valence-corrected chi connectivity index (χ0v) is 9.64. The van der Waals surface area contributed by atoms with Crippen molar-refractivity contribution in [2.75, 3.05) is 0 Å². The molecule has 2 heteroatoms. The minimum Gasteiger partial charge on any atom is -0.0837 e. The highest BCUT2D eigenvalue weighted by Gasteiger charge is 2.00. The summed E-state index contributed by atoms with van der Waals surface area (Å²) in [5, 5.41) is 0.640. The fourth-order valence-corrected chi connectivity index (χ4v) is 1.90. The molecule has 14 heavy (non-hydrogen) atoms. The Bertz CT molecular complexity index is 434. The summed E-state index contributed by atoms with van der Waals surface area (Å²) in [6.45, 7) is 0. The molecule has 0 aromatic heterocycles. The van der Waals surface area contributed by atoms with E-state index in [0.717, 1.165) is 15.6 Å². The van der Waals surface area contributed by atoms with Crippen LogP contribution in [0.3, 0.4) is 0 Å². The predicted molar refractivity (Wildman–Crippen MR) is 63.4 cm³/mol. The van der Waals surface area contributed by atoms with Crippen molar-refractivity contribution < 1.29 is 0 Å². The first-order chi connectivity index (χ1) is 6.77. The van der Waals surface area contributed by atoms with Gasteiger partial charge < -0.3 is 0 Å². The Morgan fingerprint density at radius 3 is 2.50 bits per heavy atom. The summed E-state index contributed by atoms with van der Waals surface area (Å²) in [5.74, 6) is 0. The maximum atomic E-state index is 5.77. The highest BCUT2D eigenvalue weighted by Crippen LogP contribution is 2.28. The van der Waals surface area contributed by atoms with Gasteiger partial charge in [-0.25, -0.2) is 0 Å². The molecule has 0 aliphatic rings. The van der Waals surface area contributed by atoms with Crippen molar-refractivity contribution in [2.24, 2.45) is 0 Å². The van der Waals surface area contributed by atoms with E-state index in [1.807, 2.05) is 36.4 Å². The molecule has 0 spiro atoms. The molecular formula is C12H7BrCl. The Kier molecular flexibility index (Phi) is 2.90. The molecule has 69 valence electrons. The van der Waals surface area contributed by atoms with E-state index in [2.05, 4.69) is 28.1 Å². The molecule has 2 rings (SSSR count). The average Bonchev–Trinajstić information content (AvgIpc) is 2.20. The lowest BCUT2D eigenvalue weighted by atomic mass is 10.1. The van der Waals surface area contributed by atoms with Gasteiger partial charge in [0.1, 0.15) is 0 Å². The van der Waals surface area contributed by atoms with Crippen molar-refractivity contribution in [3.05, 3.63) is 58.0 Å². The maximum absolute atomic E-state index is 5.77. The summed E-state index contributed by atoms with van der Waals surface area (Å²) in [5.41, 5.74) is 2.27. The molecule has 0 heterocycles. The van der Waals surface area contributed by atoms with Crippen molar-refractivity contribution >= 4 is 27.5 Å². The summed E-state index contributed by atoms with van der Waals surface area (Å²) in [4.78, 5) is 0. The summed E-state index contributed by atoms with van der Waals surface area (Å²) < 4.78 is 1.08. The molecule has 0 N–H and O–H groups in total. The smallest absolute Gasteiger partial charge is 0.0485 e. The van der Waals surface area contributed by atoms with E-state index in [0.29, 0.717) is 5.02 Å². The highest BCUT2D eigenvalue weighted by atomic mass is 79.9. The van der Waals surface area contributed by atoms with E-state index in [9.17, 15) is 0 Å². The minimum absolute atomic E-state index is 0.640. The lowest BCUT2D eigenvalue weighted by molar-refractivity contribution is 1.58. The van der Waals surface area contributed by atoms with Gasteiger partial charge in [-0.1, -0.05) is 51.8 Å². The lowest BCUT2D eigenvalue weighted by Gasteiger charge is -2.03. The molecule has 1 radical (unpaired) electrons. The van der Waals surface area contributed by atoms with Gasteiger partial charge in [0.25, 0.3) is 0 Å². The summed E-state index contributed by atoms with van der Waals surface area (Å²) in [7, 11) is 0. The Morgan fingerprint density at radius 1 is 1.07 bits per heavy atom. The van der Waals surface area contributed by atoms with Gasteiger partial charge >= 0.3 is 0 Å². The van der Waals surface area contributed by atoms with Crippen LogP contribution < -0.4 is 0 Å². The molecule has 0 nitrogen and oxygen atoms in total. The standard InChI is InChI=1S/C12H7BrCl/c13-12-4-2-1-3-11(12)9-5-7-10(14)8-6-9/h1-7H. The zero-order chi connectivity index (χ0) is 9.97. The Labute approximate surface area is 96.7 Å². The molecule has 0 saturated heterocycles. The van der Waals surface area contributed by atoms with E-state index < -0.39 is 0 Å². The van der Waals surface area contributed by atoms with Gasteiger partial charge in [0.2, 0.25) is 0 Å². The number of benzene rings is 2. The van der Waals surface area contributed by atoms with Gasteiger partial charge in [-0.3, -0.25) is 0 Å². The zero-order valence-electron chi connectivity index (χ0n) is 7.30. The third kappa shape index (κ3) is 1.99. The van der Waals surface area contributed by atoms with Crippen LogP contribution in [0.4, 0.5) is 0 Å². The van der Waals surface area contributed by atoms with Gasteiger partial charge in [-0.2, -0.15) is 0 Å². The Hall–Kier alpha value is -0.790. The SMILES string of the molecule is Clc1[c]cc(-c2ccccc2Br)cc1. The van der Waals surface area contributed by atoms with Gasteiger partial charge in [0, 0.05) is 15.6 Å². The van der Waals surface area contributed by atoms with Gasteiger partial charge in [0.15, 0.2) is 0 Å². The van der Waals surface area contributed by atoms with Crippen LogP contribution in [0.1, 0.15) is 0 Å². The number of hydrogen-bond donors (Lipinski definition) is 0. The van der Waals surface area contributed by atoms with Crippen molar-refractivity contribution in [1.82, 2.24) is 0 Å². The molecule has 0 bridgehead atoms. The molecule has 0 amide bonds. The summed E-state index contributed by atoms with van der Waals surface area (Å²) in [6.07, 6.45) is 0. The molecule has 0 saturated carbocycles. The second kappa shape index (κ2) is 4.16. The highest BCUT2D eigenvalue weighted by molar-refractivity contribution is 9.10. The second-order valence-electron chi connectivity index (χ2n) is 2.91. The molecular weight excluding hydrogens is 259 g/mol. The Balaban J connectivity index is 2.50. The van der Waals surface area contributed by atoms with E-state index in [1.165, 1.54) is 0 Å². The van der Waals surface area contributed by atoms with Crippen LogP contribution in [0.5, 0.6) is 0 Å². The van der Waals surface area contributed by atoms with Crippen molar-refractivity contribution in [3.63, 3.8) is 0 Å². The lowest BCUT2D eigenvalue weighted by Crippen LogP contribution is -1.78. The van der Waals surface area contributed by atoms with Crippen LogP contribution in [0, 0.1) is 6.07 Å². The molecule has 2 aromatic carbocycles. The van der Waals surface area contributed by atoms with Crippen LogP contribution in [0.25, 0.3) is 11.1 Å². The number of hydrogen-bond acceptors (Lipinski definition) is 0. The van der Waals surface area contributed by atoms with E-state index in [-0.39, 0.29) is 0 Å². The quantitative estimate of drug-likeness (QED) is 0.709. The van der Waals surface area contributed by atoms with Gasteiger partial charge in [0.05, 0.1) is 0 Å². The van der Waals surface area contributed by atoms with E-state index >= 15 is 0 Å². The topological polar surface area (TPSA) is 0 Å². The minimum atomic E-state index is 0.640. The Morgan fingerprint density at radius 2 is 1.86 bits per heavy atom. The van der Waals surface area contributed by atoms with Crippen LogP contribution in [-0.2, 0) is 0 Å². The largest absolute Gasteiger partial charge is 0.0837 e. The first-order valence-corrected chi connectivity index (χ1v) is 5.36. The number of halogens is 2. The second-order valence-corrected chi connectivity index (χ2v) is 4.17. The molecule has 2 aromatic rings. The van der Waals surface area contributed by atoms with E-state index in [1.54, 1.807) is 0 Å². The van der Waals surface area contributed by atoms with Gasteiger partial charge in [-0.15, -0.1) is 0 Å². The summed E-state index contributed by atoms with van der Waals surface area (Å²) in [6, 6.07) is 16.8. The van der Waals surface area contributed by atoms with Crippen LogP contribution in [-0.4, -0.2) is 0 Å². The predicted octanol–water partition coefficient (Wildman–Crippen LogP) is 4.57. The van der Waals surface area contributed by atoms with Crippen molar-refractivity contribution in [2.45, 2.75) is 0 Å². The molecule has 0 aliphatic heterocycles. The van der Waals surface area contributed by atoms with Crippen molar-refractivity contribution in [3.8, 4) is 11.1 Å². The molecule has 0 fully saturated rings. The normalized spacial score (nSPS) is 10.1. The third-order valence-corrected chi connectivity index (χ3v) is 2.89. The monoisotopic (exact) mass is 265 g/mol. The molecule has 0 unspecified atom stereocenters. The average molecular weight is 267 g/mol.